The zero-order valence-corrected chi connectivity index (χ0v) is 16.1. The minimum Gasteiger partial charge on any atom is -0.478 e. The van der Waals surface area contributed by atoms with E-state index >= 15 is 0 Å². The molecule has 4 unspecified atom stereocenters. The van der Waals surface area contributed by atoms with Crippen LogP contribution < -0.4 is 9.64 Å². The number of carbonyl (C=O) groups is 4. The summed E-state index contributed by atoms with van der Waals surface area (Å²) < 4.78 is 5.71. The number of hydrogen-bond acceptors (Lipinski definition) is 5. The van der Waals surface area contributed by atoms with Gasteiger partial charge in [0.1, 0.15) is 11.5 Å². The molecule has 2 aromatic rings. The maximum absolute atomic E-state index is 13.0. The highest BCUT2D eigenvalue weighted by Gasteiger charge is 2.59. The van der Waals surface area contributed by atoms with Crippen LogP contribution in [0.3, 0.4) is 0 Å². The Bertz CT molecular complexity index is 1150. The predicted molar refractivity (Wildman–Crippen MR) is 107 cm³/mol. The number of imide groups is 1. The number of amides is 2. The Morgan fingerprint density at radius 3 is 2.06 bits per heavy atom. The molecule has 4 atom stereocenters. The number of carboxylic acid groups (broad SMARTS) is 2. The van der Waals surface area contributed by atoms with E-state index in [4.69, 9.17) is 9.84 Å². The number of ether oxygens (including phenoxy) is 1. The van der Waals surface area contributed by atoms with E-state index in [1.54, 1.807) is 18.2 Å². The molecule has 8 heteroatoms. The van der Waals surface area contributed by atoms with Gasteiger partial charge < -0.3 is 14.9 Å². The third-order valence-corrected chi connectivity index (χ3v) is 6.23. The van der Waals surface area contributed by atoms with Gasteiger partial charge in [0.05, 0.1) is 28.7 Å². The van der Waals surface area contributed by atoms with E-state index in [2.05, 4.69) is 0 Å². The monoisotopic (exact) mass is 419 g/mol. The second-order valence-electron chi connectivity index (χ2n) is 7.93. The third-order valence-electron chi connectivity index (χ3n) is 6.23. The van der Waals surface area contributed by atoms with Crippen molar-refractivity contribution < 1.29 is 34.1 Å². The second-order valence-corrected chi connectivity index (χ2v) is 7.93. The van der Waals surface area contributed by atoms with Gasteiger partial charge in [-0.3, -0.25) is 9.59 Å². The van der Waals surface area contributed by atoms with E-state index in [0.717, 1.165) is 18.6 Å². The number of hydrogen-bond donors (Lipinski definition) is 2. The van der Waals surface area contributed by atoms with Gasteiger partial charge in [-0.05, 0) is 48.6 Å². The van der Waals surface area contributed by atoms with Gasteiger partial charge in [-0.1, -0.05) is 18.2 Å². The highest BCUT2D eigenvalue weighted by molar-refractivity contribution is 6.22. The van der Waals surface area contributed by atoms with Crippen molar-refractivity contribution in [2.45, 2.75) is 6.42 Å². The Morgan fingerprint density at radius 2 is 1.45 bits per heavy atom. The van der Waals surface area contributed by atoms with E-state index in [9.17, 15) is 24.3 Å². The zero-order valence-electron chi connectivity index (χ0n) is 16.1. The summed E-state index contributed by atoms with van der Waals surface area (Å²) in [6.45, 7) is 0. The van der Waals surface area contributed by atoms with Gasteiger partial charge in [-0.2, -0.15) is 0 Å². The van der Waals surface area contributed by atoms with Crippen molar-refractivity contribution in [3.63, 3.8) is 0 Å². The van der Waals surface area contributed by atoms with Crippen molar-refractivity contribution >= 4 is 29.4 Å². The van der Waals surface area contributed by atoms with Gasteiger partial charge >= 0.3 is 11.9 Å². The molecule has 0 radical (unpaired) electrons. The fraction of sp³-hybridized carbons (Fsp3) is 0.217. The molecule has 5 rings (SSSR count). The molecule has 156 valence electrons. The van der Waals surface area contributed by atoms with Crippen LogP contribution >= 0.6 is 0 Å². The number of anilines is 1. The average Bonchev–Trinajstić information content (AvgIpc) is 3.41. The van der Waals surface area contributed by atoms with Crippen LogP contribution in [-0.2, 0) is 9.59 Å². The summed E-state index contributed by atoms with van der Waals surface area (Å²) in [6.07, 6.45) is 4.91. The molecule has 1 aliphatic heterocycles. The third kappa shape index (κ3) is 2.91. The number of rotatable bonds is 5. The molecule has 2 N–H and O–H groups in total. The SMILES string of the molecule is O=C(O)c1ccc(Oc2cccc(N3C(=O)C4C5C=CC(C5)C4C3=O)c2)cc1C(=O)O. The summed E-state index contributed by atoms with van der Waals surface area (Å²) in [6, 6.07) is 10.1. The molecule has 2 fully saturated rings. The van der Waals surface area contributed by atoms with E-state index in [0.29, 0.717) is 5.69 Å². The largest absolute Gasteiger partial charge is 0.478 e. The van der Waals surface area contributed by atoms with Crippen LogP contribution in [0.1, 0.15) is 27.1 Å². The molecule has 2 amide bonds. The van der Waals surface area contributed by atoms with E-state index in [1.165, 1.54) is 17.0 Å². The quantitative estimate of drug-likeness (QED) is 0.564. The van der Waals surface area contributed by atoms with Crippen molar-refractivity contribution in [3.05, 3.63) is 65.7 Å². The van der Waals surface area contributed by atoms with E-state index in [-0.39, 0.29) is 52.5 Å². The summed E-state index contributed by atoms with van der Waals surface area (Å²) >= 11 is 0. The molecule has 3 aliphatic rings. The topological polar surface area (TPSA) is 121 Å². The molecule has 8 nitrogen and oxygen atoms in total. The first-order valence-electron chi connectivity index (χ1n) is 9.80. The van der Waals surface area contributed by atoms with Crippen LogP contribution in [0.4, 0.5) is 5.69 Å². The minimum absolute atomic E-state index is 0.109. The Morgan fingerprint density at radius 1 is 0.839 bits per heavy atom. The van der Waals surface area contributed by atoms with Crippen LogP contribution in [0.15, 0.2) is 54.6 Å². The maximum atomic E-state index is 13.0. The molecule has 1 heterocycles. The van der Waals surface area contributed by atoms with Crippen molar-refractivity contribution in [2.75, 3.05) is 4.90 Å². The van der Waals surface area contributed by atoms with Crippen LogP contribution in [0.2, 0.25) is 0 Å². The maximum Gasteiger partial charge on any atom is 0.336 e. The average molecular weight is 419 g/mol. The summed E-state index contributed by atoms with van der Waals surface area (Å²) in [5.41, 5.74) is -0.361. The Kier molecular flexibility index (Phi) is 4.18. The molecule has 1 saturated heterocycles. The molecule has 0 spiro atoms. The van der Waals surface area contributed by atoms with Gasteiger partial charge in [0.2, 0.25) is 11.8 Å². The summed E-state index contributed by atoms with van der Waals surface area (Å²) in [5, 5.41) is 18.4. The van der Waals surface area contributed by atoms with Gasteiger partial charge in [-0.25, -0.2) is 14.5 Å². The van der Waals surface area contributed by atoms with Gasteiger partial charge in [0.15, 0.2) is 0 Å². The fourth-order valence-corrected chi connectivity index (χ4v) is 4.93. The van der Waals surface area contributed by atoms with Gasteiger partial charge in [-0.15, -0.1) is 0 Å². The first kappa shape index (κ1) is 19.0. The zero-order chi connectivity index (χ0) is 21.9. The molecular formula is C23H17NO7. The number of nitrogens with zero attached hydrogens (tertiary/aromatic N) is 1. The van der Waals surface area contributed by atoms with E-state index in [1.807, 2.05) is 12.2 Å². The van der Waals surface area contributed by atoms with Crippen molar-refractivity contribution in [1.29, 1.82) is 0 Å². The Labute approximate surface area is 176 Å². The first-order chi connectivity index (χ1) is 14.8. The molecule has 2 bridgehead atoms. The molecule has 31 heavy (non-hydrogen) atoms. The van der Waals surface area contributed by atoms with Gasteiger partial charge in [0.25, 0.3) is 0 Å². The Balaban J connectivity index is 1.43. The van der Waals surface area contributed by atoms with Crippen molar-refractivity contribution in [3.8, 4) is 11.5 Å². The molecule has 2 aromatic carbocycles. The lowest BCUT2D eigenvalue weighted by atomic mass is 9.85. The van der Waals surface area contributed by atoms with Crippen LogP contribution in [0.5, 0.6) is 11.5 Å². The molecule has 0 aromatic heterocycles. The minimum atomic E-state index is -1.39. The number of carboxylic acids is 2. The van der Waals surface area contributed by atoms with E-state index < -0.39 is 17.5 Å². The number of carbonyl (C=O) groups excluding carboxylic acids is 2. The Hall–Kier alpha value is -3.94. The lowest BCUT2D eigenvalue weighted by molar-refractivity contribution is -0.123. The normalized spacial score (nSPS) is 25.7. The standard InChI is InChI=1S/C23H17NO7/c25-20-18-11-4-5-12(8-11)19(18)21(26)24(20)13-2-1-3-14(9-13)31-15-6-7-16(22(27)28)17(10-15)23(29)30/h1-7,9-12,18-19H,8H2,(H,27,28)(H,29,30). The number of benzene rings is 2. The first-order valence-corrected chi connectivity index (χ1v) is 9.80. The predicted octanol–water partition coefficient (Wildman–Crippen LogP) is 3.19. The highest BCUT2D eigenvalue weighted by Crippen LogP contribution is 2.53. The lowest BCUT2D eigenvalue weighted by Gasteiger charge is -2.18. The van der Waals surface area contributed by atoms with Crippen LogP contribution in [-0.4, -0.2) is 34.0 Å². The summed E-state index contributed by atoms with van der Waals surface area (Å²) in [7, 11) is 0. The smallest absolute Gasteiger partial charge is 0.336 e. The molecule has 2 aliphatic carbocycles. The lowest BCUT2D eigenvalue weighted by Crippen LogP contribution is -2.32. The number of aromatic carboxylic acids is 2. The molecule has 1 saturated carbocycles. The number of fused-ring (bicyclic) bond motifs is 5. The van der Waals surface area contributed by atoms with Gasteiger partial charge in [0, 0.05) is 6.07 Å². The summed E-state index contributed by atoms with van der Waals surface area (Å²) in [5.74, 6) is -3.15. The fourth-order valence-electron chi connectivity index (χ4n) is 4.93. The molecular weight excluding hydrogens is 402 g/mol. The summed E-state index contributed by atoms with van der Waals surface area (Å²) in [4.78, 5) is 49.8. The van der Waals surface area contributed by atoms with Crippen LogP contribution in [0.25, 0.3) is 0 Å². The highest BCUT2D eigenvalue weighted by atomic mass is 16.5. The van der Waals surface area contributed by atoms with Crippen molar-refractivity contribution in [2.24, 2.45) is 23.7 Å². The number of allylic oxidation sites excluding steroid dienone is 2. The van der Waals surface area contributed by atoms with Crippen molar-refractivity contribution in [1.82, 2.24) is 0 Å². The van der Waals surface area contributed by atoms with Crippen LogP contribution in [0, 0.1) is 23.7 Å². The second kappa shape index (κ2) is 6.80.